The Morgan fingerprint density at radius 2 is 2.00 bits per heavy atom. The summed E-state index contributed by atoms with van der Waals surface area (Å²) < 4.78 is 26.3. The summed E-state index contributed by atoms with van der Waals surface area (Å²) in [5.41, 5.74) is 2.44. The lowest BCUT2D eigenvalue weighted by Crippen LogP contribution is -2.33. The number of nitrogens with one attached hydrogen (secondary N) is 1. The summed E-state index contributed by atoms with van der Waals surface area (Å²) in [5.74, 6) is 0.232. The first kappa shape index (κ1) is 14.5. The largest absolute Gasteiger partial charge is 0.320 e. The van der Waals surface area contributed by atoms with Crippen LogP contribution in [0.5, 0.6) is 0 Å². The second kappa shape index (κ2) is 6.50. The van der Waals surface area contributed by atoms with Gasteiger partial charge in [0.2, 0.25) is 10.0 Å². The number of sulfonamides is 1. The Hall–Kier alpha value is -0.910. The molecule has 0 saturated heterocycles. The molecule has 0 saturated carbocycles. The third-order valence-corrected chi connectivity index (χ3v) is 5.44. The van der Waals surface area contributed by atoms with Crippen molar-refractivity contribution in [2.24, 2.45) is 0 Å². The minimum absolute atomic E-state index is 0.232. The van der Waals surface area contributed by atoms with Gasteiger partial charge in [-0.15, -0.1) is 0 Å². The molecule has 0 unspecified atom stereocenters. The number of nitrogens with zero attached hydrogens (tertiary/aromatic N) is 1. The maximum atomic E-state index is 12.3. The van der Waals surface area contributed by atoms with Crippen LogP contribution >= 0.6 is 0 Å². The summed E-state index contributed by atoms with van der Waals surface area (Å²) in [4.78, 5) is 0. The zero-order chi connectivity index (χ0) is 13.7. The molecule has 0 aromatic heterocycles. The number of rotatable bonds is 5. The van der Waals surface area contributed by atoms with E-state index in [0.717, 1.165) is 24.9 Å². The molecular weight excluding hydrogens is 260 g/mol. The summed E-state index contributed by atoms with van der Waals surface area (Å²) in [6.45, 7) is 1.90. The zero-order valence-electron chi connectivity index (χ0n) is 11.4. The topological polar surface area (TPSA) is 49.4 Å². The van der Waals surface area contributed by atoms with Crippen molar-refractivity contribution in [2.45, 2.75) is 25.8 Å². The van der Waals surface area contributed by atoms with Crippen molar-refractivity contribution in [2.75, 3.05) is 25.9 Å². The molecular formula is C14H22N2O2S. The molecule has 1 N–H and O–H groups in total. The van der Waals surface area contributed by atoms with Gasteiger partial charge in [-0.3, -0.25) is 0 Å². The van der Waals surface area contributed by atoms with Crippen LogP contribution in [0.25, 0.3) is 0 Å². The highest BCUT2D eigenvalue weighted by atomic mass is 32.2. The monoisotopic (exact) mass is 282 g/mol. The van der Waals surface area contributed by atoms with Gasteiger partial charge in [0.15, 0.2) is 0 Å². The molecule has 0 atom stereocenters. The van der Waals surface area contributed by atoms with E-state index in [0.29, 0.717) is 19.5 Å². The van der Waals surface area contributed by atoms with Gasteiger partial charge < -0.3 is 5.32 Å². The van der Waals surface area contributed by atoms with Crippen LogP contribution in [0.15, 0.2) is 24.3 Å². The highest BCUT2D eigenvalue weighted by molar-refractivity contribution is 7.89. The second-order valence-electron chi connectivity index (χ2n) is 4.98. The van der Waals surface area contributed by atoms with Crippen LogP contribution in [0.3, 0.4) is 0 Å². The second-order valence-corrected chi connectivity index (χ2v) is 7.07. The predicted molar refractivity (Wildman–Crippen MR) is 77.5 cm³/mol. The first-order chi connectivity index (χ1) is 9.13. The molecule has 0 aliphatic carbocycles. The van der Waals surface area contributed by atoms with Crippen molar-refractivity contribution in [1.29, 1.82) is 0 Å². The van der Waals surface area contributed by atoms with Gasteiger partial charge in [0.25, 0.3) is 0 Å². The normalized spacial score (nSPS) is 16.9. The minimum atomic E-state index is -3.13. The van der Waals surface area contributed by atoms with Crippen molar-refractivity contribution in [3.8, 4) is 0 Å². The molecule has 0 spiro atoms. The van der Waals surface area contributed by atoms with E-state index >= 15 is 0 Å². The van der Waals surface area contributed by atoms with Crippen molar-refractivity contribution in [3.63, 3.8) is 0 Å². The minimum Gasteiger partial charge on any atom is -0.320 e. The summed E-state index contributed by atoms with van der Waals surface area (Å²) in [7, 11) is -1.29. The van der Waals surface area contributed by atoms with Gasteiger partial charge in [0, 0.05) is 13.1 Å². The van der Waals surface area contributed by atoms with E-state index in [2.05, 4.69) is 11.4 Å². The lowest BCUT2D eigenvalue weighted by molar-refractivity contribution is 0.409. The van der Waals surface area contributed by atoms with Crippen molar-refractivity contribution >= 4 is 10.0 Å². The van der Waals surface area contributed by atoms with Gasteiger partial charge in [-0.05, 0) is 44.0 Å². The SMILES string of the molecule is CNCCCS(=O)(=O)N1CCCc2ccccc2C1. The molecule has 0 radical (unpaired) electrons. The Kier molecular flexibility index (Phi) is 4.96. The fourth-order valence-electron chi connectivity index (χ4n) is 2.47. The molecule has 1 aliphatic heterocycles. The van der Waals surface area contributed by atoms with E-state index in [1.165, 1.54) is 5.56 Å². The van der Waals surface area contributed by atoms with Crippen LogP contribution in [-0.4, -0.2) is 38.6 Å². The Bertz CT molecular complexity index is 514. The van der Waals surface area contributed by atoms with E-state index in [4.69, 9.17) is 0 Å². The molecule has 0 fully saturated rings. The molecule has 19 heavy (non-hydrogen) atoms. The molecule has 5 heteroatoms. The quantitative estimate of drug-likeness (QED) is 0.830. The van der Waals surface area contributed by atoms with Crippen LogP contribution in [0.1, 0.15) is 24.0 Å². The number of fused-ring (bicyclic) bond motifs is 1. The standard InChI is InChI=1S/C14H22N2O2S/c1-15-9-5-11-19(17,18)16-10-4-8-13-6-2-3-7-14(13)12-16/h2-3,6-7,15H,4-5,8-12H2,1H3. The molecule has 1 aliphatic rings. The van der Waals surface area contributed by atoms with Gasteiger partial charge in [-0.25, -0.2) is 8.42 Å². The molecule has 1 heterocycles. The first-order valence-corrected chi connectivity index (χ1v) is 8.43. The van der Waals surface area contributed by atoms with Crippen LogP contribution in [0.2, 0.25) is 0 Å². The highest BCUT2D eigenvalue weighted by Gasteiger charge is 2.24. The van der Waals surface area contributed by atoms with Gasteiger partial charge in [-0.1, -0.05) is 24.3 Å². The molecule has 4 nitrogen and oxygen atoms in total. The first-order valence-electron chi connectivity index (χ1n) is 6.83. The van der Waals surface area contributed by atoms with Gasteiger partial charge in [0.1, 0.15) is 0 Å². The predicted octanol–water partition coefficient (Wildman–Crippen LogP) is 1.37. The summed E-state index contributed by atoms with van der Waals surface area (Å²) in [5, 5.41) is 2.99. The van der Waals surface area contributed by atoms with Crippen LogP contribution in [-0.2, 0) is 23.0 Å². The third-order valence-electron chi connectivity index (χ3n) is 3.54. The van der Waals surface area contributed by atoms with Gasteiger partial charge in [-0.2, -0.15) is 4.31 Å². The van der Waals surface area contributed by atoms with Crippen LogP contribution < -0.4 is 5.32 Å². The number of hydrogen-bond acceptors (Lipinski definition) is 3. The maximum absolute atomic E-state index is 12.3. The fourth-order valence-corrected chi connectivity index (χ4v) is 3.98. The average molecular weight is 282 g/mol. The molecule has 106 valence electrons. The van der Waals surface area contributed by atoms with Crippen molar-refractivity contribution < 1.29 is 8.42 Å². The lowest BCUT2D eigenvalue weighted by atomic mass is 10.0. The Labute approximate surface area is 115 Å². The lowest BCUT2D eigenvalue weighted by Gasteiger charge is -2.20. The molecule has 1 aromatic carbocycles. The zero-order valence-corrected chi connectivity index (χ0v) is 12.2. The van der Waals surface area contributed by atoms with E-state index in [1.807, 2.05) is 25.2 Å². The Morgan fingerprint density at radius 3 is 2.74 bits per heavy atom. The highest BCUT2D eigenvalue weighted by Crippen LogP contribution is 2.20. The molecule has 1 aromatic rings. The van der Waals surface area contributed by atoms with Gasteiger partial charge in [0.05, 0.1) is 5.75 Å². The van der Waals surface area contributed by atoms with E-state index in [9.17, 15) is 8.42 Å². The van der Waals surface area contributed by atoms with E-state index < -0.39 is 10.0 Å². The van der Waals surface area contributed by atoms with E-state index in [1.54, 1.807) is 4.31 Å². The van der Waals surface area contributed by atoms with Crippen LogP contribution in [0.4, 0.5) is 0 Å². The molecule has 2 rings (SSSR count). The third kappa shape index (κ3) is 3.78. The molecule has 0 amide bonds. The van der Waals surface area contributed by atoms with Crippen LogP contribution in [0, 0.1) is 0 Å². The number of aryl methyl sites for hydroxylation is 1. The summed E-state index contributed by atoms with van der Waals surface area (Å²) in [6.07, 6.45) is 2.54. The maximum Gasteiger partial charge on any atom is 0.214 e. The Morgan fingerprint density at radius 1 is 1.26 bits per heavy atom. The van der Waals surface area contributed by atoms with Gasteiger partial charge >= 0.3 is 0 Å². The number of benzene rings is 1. The molecule has 0 bridgehead atoms. The smallest absolute Gasteiger partial charge is 0.214 e. The summed E-state index contributed by atoms with van der Waals surface area (Å²) in [6, 6.07) is 8.15. The number of hydrogen-bond donors (Lipinski definition) is 1. The van der Waals surface area contributed by atoms with E-state index in [-0.39, 0.29) is 5.75 Å². The van der Waals surface area contributed by atoms with Crippen molar-refractivity contribution in [1.82, 2.24) is 9.62 Å². The summed E-state index contributed by atoms with van der Waals surface area (Å²) >= 11 is 0. The van der Waals surface area contributed by atoms with Crippen molar-refractivity contribution in [3.05, 3.63) is 35.4 Å². The Balaban J connectivity index is 2.09. The average Bonchev–Trinajstić information content (AvgIpc) is 2.61. The fraction of sp³-hybridized carbons (Fsp3) is 0.571.